The van der Waals surface area contributed by atoms with Gasteiger partial charge in [-0.05, 0) is 31.1 Å². The molecule has 4 atom stereocenters. The van der Waals surface area contributed by atoms with Gasteiger partial charge in [-0.15, -0.1) is 0 Å². The summed E-state index contributed by atoms with van der Waals surface area (Å²) in [5.74, 6) is -0.0637. The Morgan fingerprint density at radius 3 is 2.44 bits per heavy atom. The van der Waals surface area contributed by atoms with E-state index in [4.69, 9.17) is 0 Å². The van der Waals surface area contributed by atoms with Crippen molar-refractivity contribution in [1.29, 1.82) is 0 Å². The molecular weight excluding hydrogens is 319 g/mol. The number of ketones is 3. The molecule has 0 N–H and O–H groups in total. The van der Waals surface area contributed by atoms with Crippen LogP contribution in [0.15, 0.2) is 0 Å². The molecule has 4 heteroatoms. The summed E-state index contributed by atoms with van der Waals surface area (Å²) in [6.45, 7) is 6.09. The zero-order valence-electron chi connectivity index (χ0n) is 16.2. The third kappa shape index (κ3) is 7.37. The van der Waals surface area contributed by atoms with Crippen molar-refractivity contribution in [2.45, 2.75) is 97.6 Å². The zero-order chi connectivity index (χ0) is 18.8. The van der Waals surface area contributed by atoms with Crippen molar-refractivity contribution in [2.75, 3.05) is 0 Å². The first-order chi connectivity index (χ1) is 11.9. The lowest BCUT2D eigenvalue weighted by molar-refractivity contribution is -0.127. The fraction of sp³-hybridized carbons (Fsp3) is 0.857. The van der Waals surface area contributed by atoms with Gasteiger partial charge in [0.25, 0.3) is 0 Å². The number of hydrogen-bond acceptors (Lipinski definition) is 3. The summed E-state index contributed by atoms with van der Waals surface area (Å²) in [5, 5.41) is 0. The number of unbranched alkanes of at least 4 members (excludes halogenated alkanes) is 3. The molecule has 1 saturated carbocycles. The van der Waals surface area contributed by atoms with Crippen molar-refractivity contribution in [3.63, 3.8) is 0 Å². The van der Waals surface area contributed by atoms with E-state index in [0.717, 1.165) is 32.1 Å². The lowest BCUT2D eigenvalue weighted by Gasteiger charge is -2.21. The molecule has 144 valence electrons. The van der Waals surface area contributed by atoms with Gasteiger partial charge < -0.3 is 0 Å². The Balaban J connectivity index is 2.52. The van der Waals surface area contributed by atoms with Crippen LogP contribution in [0, 0.1) is 17.8 Å². The fourth-order valence-corrected chi connectivity index (χ4v) is 3.94. The minimum Gasteiger partial charge on any atom is -0.300 e. The Morgan fingerprint density at radius 2 is 1.80 bits per heavy atom. The SMILES string of the molecule is CCCCCC(=O)CC1C(=O)CC(C)[C@@H]1CCC(=O)C(F)CCCC. The summed E-state index contributed by atoms with van der Waals surface area (Å²) in [7, 11) is 0. The quantitative estimate of drug-likeness (QED) is 0.425. The van der Waals surface area contributed by atoms with Gasteiger partial charge >= 0.3 is 0 Å². The maximum Gasteiger partial charge on any atom is 0.166 e. The van der Waals surface area contributed by atoms with E-state index in [-0.39, 0.29) is 41.5 Å². The number of carbonyl (C=O) groups is 3. The summed E-state index contributed by atoms with van der Waals surface area (Å²) >= 11 is 0. The summed E-state index contributed by atoms with van der Waals surface area (Å²) in [4.78, 5) is 36.4. The third-order valence-electron chi connectivity index (χ3n) is 5.58. The largest absolute Gasteiger partial charge is 0.300 e. The Morgan fingerprint density at radius 1 is 1.12 bits per heavy atom. The highest BCUT2D eigenvalue weighted by Gasteiger charge is 2.40. The molecule has 0 aliphatic heterocycles. The van der Waals surface area contributed by atoms with Crippen LogP contribution < -0.4 is 0 Å². The predicted molar refractivity (Wildman–Crippen MR) is 98.2 cm³/mol. The van der Waals surface area contributed by atoms with Crippen molar-refractivity contribution >= 4 is 17.3 Å². The molecule has 0 amide bonds. The van der Waals surface area contributed by atoms with Crippen LogP contribution in [0.5, 0.6) is 0 Å². The first kappa shape index (κ1) is 22.0. The maximum absolute atomic E-state index is 13.8. The van der Waals surface area contributed by atoms with E-state index in [1.54, 1.807) is 0 Å². The van der Waals surface area contributed by atoms with E-state index in [9.17, 15) is 18.8 Å². The highest BCUT2D eigenvalue weighted by molar-refractivity contribution is 5.90. The van der Waals surface area contributed by atoms with Gasteiger partial charge in [-0.3, -0.25) is 14.4 Å². The summed E-state index contributed by atoms with van der Waals surface area (Å²) in [6, 6.07) is 0. The van der Waals surface area contributed by atoms with E-state index < -0.39 is 6.17 Å². The molecule has 3 unspecified atom stereocenters. The monoisotopic (exact) mass is 354 g/mol. The predicted octanol–water partition coefficient (Wildman–Crippen LogP) is 5.24. The highest BCUT2D eigenvalue weighted by Crippen LogP contribution is 2.39. The number of carbonyl (C=O) groups excluding carboxylic acids is 3. The van der Waals surface area contributed by atoms with Crippen LogP contribution in [-0.4, -0.2) is 23.5 Å². The Hall–Kier alpha value is -1.06. The van der Waals surface area contributed by atoms with Crippen LogP contribution in [0.25, 0.3) is 0 Å². The van der Waals surface area contributed by atoms with Crippen molar-refractivity contribution in [2.24, 2.45) is 17.8 Å². The highest BCUT2D eigenvalue weighted by atomic mass is 19.1. The molecule has 1 aliphatic rings. The van der Waals surface area contributed by atoms with E-state index in [1.165, 1.54) is 0 Å². The number of halogens is 1. The van der Waals surface area contributed by atoms with Crippen molar-refractivity contribution in [1.82, 2.24) is 0 Å². The number of alkyl halides is 1. The van der Waals surface area contributed by atoms with E-state index in [2.05, 4.69) is 6.92 Å². The molecule has 0 spiro atoms. The van der Waals surface area contributed by atoms with Gasteiger partial charge in [0.2, 0.25) is 0 Å². The number of Topliss-reactive ketones (excluding diaryl/α,β-unsaturated/α-hetero) is 3. The number of hydrogen-bond donors (Lipinski definition) is 0. The Kier molecular flexibility index (Phi) is 10.1. The normalized spacial score (nSPS) is 24.5. The smallest absolute Gasteiger partial charge is 0.166 e. The molecule has 0 saturated heterocycles. The standard InChI is InChI=1S/C21H35FO3/c1-4-6-8-9-16(23)14-18-17(15(3)13-21(18)25)11-12-20(24)19(22)10-7-5-2/h15,17-19H,4-14H2,1-3H3/t15?,17-,18?,19?/m0/s1. The first-order valence-corrected chi connectivity index (χ1v) is 10.1. The van der Waals surface area contributed by atoms with Gasteiger partial charge in [0.1, 0.15) is 11.6 Å². The van der Waals surface area contributed by atoms with Crippen LogP contribution >= 0.6 is 0 Å². The molecule has 0 radical (unpaired) electrons. The summed E-state index contributed by atoms with van der Waals surface area (Å²) in [6.07, 6.45) is 5.57. The van der Waals surface area contributed by atoms with Gasteiger partial charge in [0.15, 0.2) is 12.0 Å². The molecule has 25 heavy (non-hydrogen) atoms. The Bertz CT molecular complexity index is 446. The fourth-order valence-electron chi connectivity index (χ4n) is 3.94. The summed E-state index contributed by atoms with van der Waals surface area (Å²) < 4.78 is 13.8. The van der Waals surface area contributed by atoms with Gasteiger partial charge in [-0.1, -0.05) is 46.5 Å². The molecular formula is C21H35FO3. The molecule has 1 aliphatic carbocycles. The lowest BCUT2D eigenvalue weighted by Crippen LogP contribution is -2.23. The van der Waals surface area contributed by atoms with Crippen LogP contribution in [0.4, 0.5) is 4.39 Å². The lowest BCUT2D eigenvalue weighted by atomic mass is 9.82. The van der Waals surface area contributed by atoms with Gasteiger partial charge in [0.05, 0.1) is 0 Å². The summed E-state index contributed by atoms with van der Waals surface area (Å²) in [5.41, 5.74) is 0. The molecule has 1 rings (SSSR count). The second-order valence-electron chi connectivity index (χ2n) is 7.73. The molecule has 0 aromatic heterocycles. The molecule has 0 aromatic rings. The number of rotatable bonds is 13. The topological polar surface area (TPSA) is 51.2 Å². The van der Waals surface area contributed by atoms with Crippen molar-refractivity contribution < 1.29 is 18.8 Å². The van der Waals surface area contributed by atoms with Gasteiger partial charge in [0, 0.05) is 31.6 Å². The van der Waals surface area contributed by atoms with Crippen LogP contribution in [0.1, 0.15) is 91.4 Å². The van der Waals surface area contributed by atoms with Gasteiger partial charge in [-0.25, -0.2) is 4.39 Å². The van der Waals surface area contributed by atoms with E-state index >= 15 is 0 Å². The third-order valence-corrected chi connectivity index (χ3v) is 5.58. The minimum atomic E-state index is -1.37. The first-order valence-electron chi connectivity index (χ1n) is 10.1. The molecule has 0 aromatic carbocycles. The second kappa shape index (κ2) is 11.5. The second-order valence-corrected chi connectivity index (χ2v) is 7.73. The van der Waals surface area contributed by atoms with E-state index in [1.807, 2.05) is 13.8 Å². The minimum absolute atomic E-state index is 0.0463. The molecule has 3 nitrogen and oxygen atoms in total. The average Bonchev–Trinajstić information content (AvgIpc) is 2.83. The van der Waals surface area contributed by atoms with Crippen molar-refractivity contribution in [3.8, 4) is 0 Å². The average molecular weight is 355 g/mol. The molecule has 0 bridgehead atoms. The molecule has 1 fully saturated rings. The van der Waals surface area contributed by atoms with Crippen LogP contribution in [0.2, 0.25) is 0 Å². The molecule has 0 heterocycles. The van der Waals surface area contributed by atoms with E-state index in [0.29, 0.717) is 32.1 Å². The zero-order valence-corrected chi connectivity index (χ0v) is 16.2. The Labute approximate surface area is 152 Å². The van der Waals surface area contributed by atoms with Crippen molar-refractivity contribution in [3.05, 3.63) is 0 Å². The van der Waals surface area contributed by atoms with Crippen LogP contribution in [0.3, 0.4) is 0 Å². The maximum atomic E-state index is 13.8. The van der Waals surface area contributed by atoms with Crippen LogP contribution in [-0.2, 0) is 14.4 Å². The van der Waals surface area contributed by atoms with Gasteiger partial charge in [-0.2, -0.15) is 0 Å².